The number of nitrogens with two attached hydrogens (primary N) is 1. The zero-order valence-electron chi connectivity index (χ0n) is 15.6. The summed E-state index contributed by atoms with van der Waals surface area (Å²) in [5.74, 6) is 0.482. The van der Waals surface area contributed by atoms with Crippen molar-refractivity contribution in [3.63, 3.8) is 0 Å². The maximum atomic E-state index is 6.08. The molecule has 0 fully saturated rings. The van der Waals surface area contributed by atoms with Crippen LogP contribution in [0.15, 0.2) is 97.2 Å². The van der Waals surface area contributed by atoms with Gasteiger partial charge in [0.25, 0.3) is 0 Å². The van der Waals surface area contributed by atoms with Gasteiger partial charge >= 0.3 is 0 Å². The van der Waals surface area contributed by atoms with Crippen LogP contribution in [0.2, 0.25) is 0 Å². The van der Waals surface area contributed by atoms with Crippen LogP contribution in [0.25, 0.3) is 0 Å². The van der Waals surface area contributed by atoms with Crippen molar-refractivity contribution >= 4 is 0 Å². The highest BCUT2D eigenvalue weighted by Gasteiger charge is 2.04. The van der Waals surface area contributed by atoms with Crippen molar-refractivity contribution in [2.45, 2.75) is 39.7 Å². The lowest BCUT2D eigenvalue weighted by Gasteiger charge is -2.10. The van der Waals surface area contributed by atoms with E-state index in [0.717, 1.165) is 29.6 Å². The average Bonchev–Trinajstić information content (AvgIpc) is 2.62. The van der Waals surface area contributed by atoms with Crippen LogP contribution >= 0.6 is 0 Å². The zero-order valence-corrected chi connectivity index (χ0v) is 15.6. The lowest BCUT2D eigenvalue weighted by molar-refractivity contribution is 0.671. The van der Waals surface area contributed by atoms with Crippen molar-refractivity contribution in [3.8, 4) is 0 Å². The Hall–Kier alpha value is -2.12. The Morgan fingerprint density at radius 1 is 0.750 bits per heavy atom. The first kappa shape index (κ1) is 21.9. The van der Waals surface area contributed by atoms with E-state index in [4.69, 9.17) is 5.73 Å². The van der Waals surface area contributed by atoms with Crippen LogP contribution in [0, 0.1) is 5.92 Å². The summed E-state index contributed by atoms with van der Waals surface area (Å²) in [6, 6.07) is -0.00126. The molecule has 130 valence electrons. The Morgan fingerprint density at radius 3 is 1.54 bits per heavy atom. The quantitative estimate of drug-likeness (QED) is 0.449. The fraction of sp³-hybridized carbons (Fsp3) is 0.304. The van der Waals surface area contributed by atoms with Crippen molar-refractivity contribution in [2.24, 2.45) is 11.7 Å². The van der Waals surface area contributed by atoms with Gasteiger partial charge in [0.15, 0.2) is 0 Å². The van der Waals surface area contributed by atoms with Gasteiger partial charge in [-0.05, 0) is 41.1 Å². The van der Waals surface area contributed by atoms with E-state index in [-0.39, 0.29) is 6.04 Å². The lowest BCUT2D eigenvalue weighted by atomic mass is 9.96. The smallest absolute Gasteiger partial charge is 0.0291 e. The summed E-state index contributed by atoms with van der Waals surface area (Å²) in [5, 5.41) is 0. The van der Waals surface area contributed by atoms with Gasteiger partial charge in [-0.15, -0.1) is 0 Å². The molecule has 2 unspecified atom stereocenters. The second-order valence-electron chi connectivity index (χ2n) is 5.72. The standard InChI is InChI=1S/C23H33N/c1-8-18(7)19(9-2)14-15-20(10-3)21(11-4)16-17-22(12-5)23(24)13-6/h9-12,14-18,23H,2-5,8,13,24H2,1,6-7H3/b19-14+,20-15+,21-16+,22-17+. The van der Waals surface area contributed by atoms with Gasteiger partial charge in [0, 0.05) is 6.04 Å². The fourth-order valence-electron chi connectivity index (χ4n) is 2.18. The van der Waals surface area contributed by atoms with Crippen LogP contribution in [0.3, 0.4) is 0 Å². The summed E-state index contributed by atoms with van der Waals surface area (Å²) in [5.41, 5.74) is 10.3. The molecular formula is C23H33N. The molecule has 1 heteroatoms. The van der Waals surface area contributed by atoms with Crippen LogP contribution in [0.4, 0.5) is 0 Å². The van der Waals surface area contributed by atoms with E-state index >= 15 is 0 Å². The zero-order chi connectivity index (χ0) is 18.5. The highest BCUT2D eigenvalue weighted by Crippen LogP contribution is 2.19. The van der Waals surface area contributed by atoms with E-state index in [1.165, 1.54) is 5.57 Å². The third kappa shape index (κ3) is 6.97. The highest BCUT2D eigenvalue weighted by molar-refractivity contribution is 5.50. The van der Waals surface area contributed by atoms with Crippen LogP contribution < -0.4 is 5.73 Å². The summed E-state index contributed by atoms with van der Waals surface area (Å²) in [6.07, 6.45) is 17.5. The molecule has 1 nitrogen and oxygen atoms in total. The van der Waals surface area contributed by atoms with Crippen LogP contribution in [-0.4, -0.2) is 6.04 Å². The maximum absolute atomic E-state index is 6.08. The van der Waals surface area contributed by atoms with Crippen molar-refractivity contribution < 1.29 is 0 Å². The normalized spacial score (nSPS) is 16.3. The van der Waals surface area contributed by atoms with Crippen LogP contribution in [0.5, 0.6) is 0 Å². The molecule has 0 spiro atoms. The van der Waals surface area contributed by atoms with E-state index in [2.05, 4.69) is 59.2 Å². The molecule has 0 aromatic rings. The Bertz CT molecular complexity index is 515. The molecule has 0 saturated heterocycles. The summed E-state index contributed by atoms with van der Waals surface area (Å²) < 4.78 is 0. The van der Waals surface area contributed by atoms with Gasteiger partial charge in [0.05, 0.1) is 0 Å². The molecule has 0 bridgehead atoms. The average molecular weight is 324 g/mol. The third-order valence-corrected chi connectivity index (χ3v) is 4.20. The number of rotatable bonds is 11. The van der Waals surface area contributed by atoms with Gasteiger partial charge in [-0.25, -0.2) is 0 Å². The van der Waals surface area contributed by atoms with Gasteiger partial charge in [-0.3, -0.25) is 0 Å². The van der Waals surface area contributed by atoms with E-state index in [9.17, 15) is 0 Å². The minimum atomic E-state index is -0.00126. The first-order valence-corrected chi connectivity index (χ1v) is 8.58. The van der Waals surface area contributed by atoms with Gasteiger partial charge < -0.3 is 5.73 Å². The molecule has 0 aromatic heterocycles. The minimum Gasteiger partial charge on any atom is -0.324 e. The van der Waals surface area contributed by atoms with E-state index < -0.39 is 0 Å². The van der Waals surface area contributed by atoms with Crippen molar-refractivity contribution in [3.05, 3.63) is 97.2 Å². The lowest BCUT2D eigenvalue weighted by Crippen LogP contribution is -2.20. The van der Waals surface area contributed by atoms with Gasteiger partial charge in [0.2, 0.25) is 0 Å². The third-order valence-electron chi connectivity index (χ3n) is 4.20. The molecule has 0 aliphatic rings. The number of allylic oxidation sites excluding steroid dienone is 10. The van der Waals surface area contributed by atoms with Crippen molar-refractivity contribution in [1.82, 2.24) is 0 Å². The van der Waals surface area contributed by atoms with Gasteiger partial charge in [-0.1, -0.05) is 95.7 Å². The molecule has 0 aromatic carbocycles. The summed E-state index contributed by atoms with van der Waals surface area (Å²) in [7, 11) is 0. The van der Waals surface area contributed by atoms with Gasteiger partial charge in [-0.2, -0.15) is 0 Å². The molecule has 0 aliphatic heterocycles. The first-order chi connectivity index (χ1) is 11.5. The fourth-order valence-corrected chi connectivity index (χ4v) is 2.18. The van der Waals surface area contributed by atoms with E-state index in [1.807, 2.05) is 30.4 Å². The maximum Gasteiger partial charge on any atom is 0.0291 e. The Labute approximate surface area is 149 Å². The Kier molecular flexibility index (Phi) is 11.2. The summed E-state index contributed by atoms with van der Waals surface area (Å²) >= 11 is 0. The Balaban J connectivity index is 5.74. The topological polar surface area (TPSA) is 26.0 Å². The molecule has 2 N–H and O–H groups in total. The minimum absolute atomic E-state index is 0.00126. The predicted molar refractivity (Wildman–Crippen MR) is 111 cm³/mol. The molecule has 0 heterocycles. The molecule has 0 aliphatic carbocycles. The highest BCUT2D eigenvalue weighted by atomic mass is 14.6. The largest absolute Gasteiger partial charge is 0.324 e. The molecule has 0 radical (unpaired) electrons. The predicted octanol–water partition coefficient (Wildman–Crippen LogP) is 6.22. The Morgan fingerprint density at radius 2 is 1.21 bits per heavy atom. The van der Waals surface area contributed by atoms with Crippen molar-refractivity contribution in [2.75, 3.05) is 0 Å². The van der Waals surface area contributed by atoms with Gasteiger partial charge in [0.1, 0.15) is 0 Å². The molecule has 2 atom stereocenters. The summed E-state index contributed by atoms with van der Waals surface area (Å²) in [4.78, 5) is 0. The van der Waals surface area contributed by atoms with Crippen molar-refractivity contribution in [1.29, 1.82) is 0 Å². The summed E-state index contributed by atoms with van der Waals surface area (Å²) in [6.45, 7) is 22.0. The van der Waals surface area contributed by atoms with E-state index in [0.29, 0.717) is 5.92 Å². The van der Waals surface area contributed by atoms with Crippen LogP contribution in [0.1, 0.15) is 33.6 Å². The molecule has 0 rings (SSSR count). The number of hydrogen-bond acceptors (Lipinski definition) is 1. The molecule has 0 amide bonds. The molecule has 0 saturated carbocycles. The molecular weight excluding hydrogens is 290 g/mol. The second-order valence-corrected chi connectivity index (χ2v) is 5.72. The first-order valence-electron chi connectivity index (χ1n) is 8.58. The van der Waals surface area contributed by atoms with E-state index in [1.54, 1.807) is 6.08 Å². The second kappa shape index (κ2) is 12.3. The van der Waals surface area contributed by atoms with Crippen LogP contribution in [-0.2, 0) is 0 Å². The SMILES string of the molecule is C=C\C(=C/C=C(C=C)/C(C=C)=C/C=C(\C=C)C(N)CC)C(C)CC. The number of hydrogen-bond donors (Lipinski definition) is 1. The molecule has 24 heavy (non-hydrogen) atoms. The monoisotopic (exact) mass is 323 g/mol.